The highest BCUT2D eigenvalue weighted by atomic mass is 16.4. The third-order valence-corrected chi connectivity index (χ3v) is 9.22. The van der Waals surface area contributed by atoms with Gasteiger partial charge in [0.1, 0.15) is 0 Å². The lowest BCUT2D eigenvalue weighted by Gasteiger charge is -2.39. The Morgan fingerprint density at radius 2 is 1.49 bits per heavy atom. The first kappa shape index (κ1) is 29.1. The molecule has 4 fully saturated rings. The summed E-state index contributed by atoms with van der Waals surface area (Å²) in [6, 6.07) is -0.0113. The van der Waals surface area contributed by atoms with Crippen LogP contribution in [0, 0.1) is 11.8 Å². The van der Waals surface area contributed by atoms with Crippen molar-refractivity contribution in [1.29, 1.82) is 0 Å². The Morgan fingerprint density at radius 3 is 2.15 bits per heavy atom. The zero-order valence-electron chi connectivity index (χ0n) is 23.2. The lowest BCUT2D eigenvalue weighted by molar-refractivity contribution is -0.141. The Balaban J connectivity index is 1.21. The number of hydrogen-bond acceptors (Lipinski definition) is 5. The summed E-state index contributed by atoms with van der Waals surface area (Å²) in [5.74, 6) is -1.58. The Labute approximate surface area is 230 Å². The molecule has 0 radical (unpaired) electrons. The number of carbonyl (C=O) groups is 5. The van der Waals surface area contributed by atoms with E-state index in [9.17, 15) is 24.0 Å². The molecule has 0 aromatic rings. The quantitative estimate of drug-likeness (QED) is 0.365. The number of urea groups is 1. The average molecular weight is 548 g/mol. The minimum Gasteiger partial charge on any atom is -0.481 e. The van der Waals surface area contributed by atoms with Crippen molar-refractivity contribution < 1.29 is 29.1 Å². The highest BCUT2D eigenvalue weighted by Gasteiger charge is 2.44. The van der Waals surface area contributed by atoms with Crippen LogP contribution in [0.4, 0.5) is 4.79 Å². The van der Waals surface area contributed by atoms with Crippen molar-refractivity contribution in [3.8, 4) is 0 Å². The van der Waals surface area contributed by atoms with Crippen LogP contribution < -0.4 is 16.0 Å². The predicted octanol–water partition coefficient (Wildman–Crippen LogP) is 2.00. The van der Waals surface area contributed by atoms with Crippen LogP contribution >= 0.6 is 0 Å². The molecule has 3 unspecified atom stereocenters. The van der Waals surface area contributed by atoms with E-state index >= 15 is 0 Å². The Bertz CT molecular complexity index is 914. The van der Waals surface area contributed by atoms with Gasteiger partial charge in [-0.05, 0) is 63.7 Å². The van der Waals surface area contributed by atoms with Gasteiger partial charge >= 0.3 is 12.0 Å². The van der Waals surface area contributed by atoms with Crippen LogP contribution in [0.25, 0.3) is 0 Å². The molecular weight excluding hydrogens is 502 g/mol. The largest absolute Gasteiger partial charge is 0.481 e. The van der Waals surface area contributed by atoms with Gasteiger partial charge in [-0.25, -0.2) is 4.79 Å². The number of nitrogens with zero attached hydrogens (tertiary/aromatic N) is 2. The van der Waals surface area contributed by atoms with Crippen LogP contribution in [0.3, 0.4) is 0 Å². The molecule has 3 aliphatic carbocycles. The van der Waals surface area contributed by atoms with Gasteiger partial charge in [0.05, 0.1) is 18.9 Å². The number of likely N-dealkylation sites (N-methyl/N-ethyl adjacent to an activating group) is 1. The summed E-state index contributed by atoms with van der Waals surface area (Å²) < 4.78 is 0. The van der Waals surface area contributed by atoms with Crippen molar-refractivity contribution in [2.45, 2.75) is 114 Å². The minimum absolute atomic E-state index is 0.00770. The molecule has 4 rings (SSSR count). The third kappa shape index (κ3) is 8.08. The Hall–Kier alpha value is -2.85. The number of aliphatic carboxylic acids is 1. The van der Waals surface area contributed by atoms with Gasteiger partial charge in [-0.3, -0.25) is 19.2 Å². The summed E-state index contributed by atoms with van der Waals surface area (Å²) in [6.07, 6.45) is 11.2. The second-order valence-corrected chi connectivity index (χ2v) is 12.0. The molecule has 4 N–H and O–H groups in total. The first-order valence-corrected chi connectivity index (χ1v) is 14.8. The topological polar surface area (TPSA) is 148 Å². The number of carboxylic acid groups (broad SMARTS) is 1. The summed E-state index contributed by atoms with van der Waals surface area (Å²) in [5, 5.41) is 18.4. The van der Waals surface area contributed by atoms with Crippen molar-refractivity contribution in [3.63, 3.8) is 0 Å². The summed E-state index contributed by atoms with van der Waals surface area (Å²) in [5.41, 5.74) is 0. The van der Waals surface area contributed by atoms with Crippen molar-refractivity contribution in [2.75, 3.05) is 20.1 Å². The van der Waals surface area contributed by atoms with Gasteiger partial charge in [-0.15, -0.1) is 0 Å². The average Bonchev–Trinajstić information content (AvgIpc) is 2.99. The molecule has 4 aliphatic rings. The molecule has 0 aromatic carbocycles. The van der Waals surface area contributed by atoms with Crippen LogP contribution in [0.5, 0.6) is 0 Å². The van der Waals surface area contributed by atoms with Crippen molar-refractivity contribution in [3.05, 3.63) is 0 Å². The molecule has 0 spiro atoms. The van der Waals surface area contributed by atoms with E-state index in [1.165, 1.54) is 24.2 Å². The zero-order valence-corrected chi connectivity index (χ0v) is 23.2. The van der Waals surface area contributed by atoms with Gasteiger partial charge in [-0.1, -0.05) is 19.3 Å². The summed E-state index contributed by atoms with van der Waals surface area (Å²) in [4.78, 5) is 65.2. The van der Waals surface area contributed by atoms with Crippen molar-refractivity contribution >= 4 is 29.7 Å². The van der Waals surface area contributed by atoms with Gasteiger partial charge in [0.25, 0.3) is 0 Å². The highest BCUT2D eigenvalue weighted by molar-refractivity contribution is 5.89. The second-order valence-electron chi connectivity index (χ2n) is 12.0. The Morgan fingerprint density at radius 1 is 0.846 bits per heavy atom. The molecule has 3 atom stereocenters. The van der Waals surface area contributed by atoms with Crippen molar-refractivity contribution in [1.82, 2.24) is 25.8 Å². The fourth-order valence-electron chi connectivity index (χ4n) is 6.93. The molecule has 39 heavy (non-hydrogen) atoms. The van der Waals surface area contributed by atoms with Crippen LogP contribution in [0.1, 0.15) is 89.9 Å². The van der Waals surface area contributed by atoms with E-state index in [2.05, 4.69) is 16.0 Å². The SMILES string of the molecule is CN1C(=O)CN(CCC(=O)O)C(=O)C2CC(NC(=O)CC3CCC(NC(=O)NC4CCCCC4)CC3)CCC21. The van der Waals surface area contributed by atoms with E-state index in [1.807, 2.05) is 0 Å². The maximum absolute atomic E-state index is 13.3. The molecule has 0 aromatic heterocycles. The van der Waals surface area contributed by atoms with E-state index in [1.54, 1.807) is 11.9 Å². The number of nitrogens with one attached hydrogen (secondary N) is 3. The molecule has 1 heterocycles. The van der Waals surface area contributed by atoms with Crippen molar-refractivity contribution in [2.24, 2.45) is 11.8 Å². The fraction of sp³-hybridized carbons (Fsp3) is 0.821. The zero-order chi connectivity index (χ0) is 27.9. The smallest absolute Gasteiger partial charge is 0.315 e. The normalized spacial score (nSPS) is 30.2. The number of fused-ring (bicyclic) bond motifs is 1. The molecule has 11 nitrogen and oxygen atoms in total. The summed E-state index contributed by atoms with van der Waals surface area (Å²) in [7, 11) is 1.71. The highest BCUT2D eigenvalue weighted by Crippen LogP contribution is 2.33. The molecule has 1 saturated heterocycles. The molecule has 11 heteroatoms. The first-order valence-electron chi connectivity index (χ1n) is 14.8. The lowest BCUT2D eigenvalue weighted by atomic mass is 9.79. The van der Waals surface area contributed by atoms with Crippen LogP contribution in [-0.2, 0) is 19.2 Å². The van der Waals surface area contributed by atoms with Crippen LogP contribution in [-0.4, -0.2) is 88.9 Å². The maximum atomic E-state index is 13.3. The summed E-state index contributed by atoms with van der Waals surface area (Å²) >= 11 is 0. The van der Waals surface area contributed by atoms with E-state index in [-0.39, 0.29) is 73.3 Å². The Kier molecular flexibility index (Phi) is 10.1. The molecule has 3 saturated carbocycles. The second kappa shape index (κ2) is 13.5. The summed E-state index contributed by atoms with van der Waals surface area (Å²) in [6.45, 7) is -0.0970. The van der Waals surface area contributed by atoms with Gasteiger partial charge < -0.3 is 30.9 Å². The maximum Gasteiger partial charge on any atom is 0.315 e. The van der Waals surface area contributed by atoms with E-state index in [4.69, 9.17) is 5.11 Å². The molecule has 1 aliphatic heterocycles. The van der Waals surface area contributed by atoms with E-state index in [0.29, 0.717) is 25.7 Å². The lowest BCUT2D eigenvalue weighted by Crippen LogP contribution is -2.51. The van der Waals surface area contributed by atoms with Gasteiger partial charge in [-0.2, -0.15) is 0 Å². The molecule has 218 valence electrons. The predicted molar refractivity (Wildman–Crippen MR) is 144 cm³/mol. The number of carboxylic acids is 1. The van der Waals surface area contributed by atoms with E-state index < -0.39 is 11.9 Å². The van der Waals surface area contributed by atoms with Crippen LogP contribution in [0.15, 0.2) is 0 Å². The number of amides is 5. The van der Waals surface area contributed by atoms with Gasteiger partial charge in [0.2, 0.25) is 17.7 Å². The fourth-order valence-corrected chi connectivity index (χ4v) is 6.93. The standard InChI is InChI=1S/C28H45N5O6/c1-32-23-12-11-21(16-22(23)27(38)33(17-25(32)35)14-13-26(36)37)29-24(34)15-18-7-9-20(10-8-18)31-28(39)30-19-5-3-2-4-6-19/h18-23H,2-17H2,1H3,(H,29,34)(H,36,37)(H2,30,31,39). The number of rotatable bonds is 8. The number of carbonyl (C=O) groups excluding carboxylic acids is 4. The van der Waals surface area contributed by atoms with Crippen LogP contribution in [0.2, 0.25) is 0 Å². The number of hydrogen-bond donors (Lipinski definition) is 4. The molecule has 5 amide bonds. The minimum atomic E-state index is -1.01. The first-order chi connectivity index (χ1) is 18.7. The molecular formula is C28H45N5O6. The molecule has 0 bridgehead atoms. The van der Waals surface area contributed by atoms with E-state index in [0.717, 1.165) is 38.5 Å². The third-order valence-electron chi connectivity index (χ3n) is 9.22. The van der Waals surface area contributed by atoms with Gasteiger partial charge in [0.15, 0.2) is 0 Å². The monoisotopic (exact) mass is 547 g/mol. The van der Waals surface area contributed by atoms with Gasteiger partial charge in [0, 0.05) is 44.2 Å².